The molecular formula is C11H10Cl3NS. The highest BCUT2D eigenvalue weighted by molar-refractivity contribution is 7.08. The van der Waals surface area contributed by atoms with Crippen molar-refractivity contribution in [1.29, 1.82) is 0 Å². The smallest absolute Gasteiger partial charge is 0.0595 e. The Morgan fingerprint density at radius 1 is 1.06 bits per heavy atom. The first kappa shape index (κ1) is 13.8. The summed E-state index contributed by atoms with van der Waals surface area (Å²) in [5.74, 6) is 0. The lowest BCUT2D eigenvalue weighted by molar-refractivity contribution is 0.877. The van der Waals surface area contributed by atoms with Crippen LogP contribution in [0.5, 0.6) is 0 Å². The van der Waals surface area contributed by atoms with Gasteiger partial charge in [0.15, 0.2) is 0 Å². The lowest BCUT2D eigenvalue weighted by Gasteiger charge is -2.11. The minimum absolute atomic E-state index is 0. The topological polar surface area (TPSA) is 26.0 Å². The molecule has 0 aliphatic carbocycles. The second-order valence-electron chi connectivity index (χ2n) is 3.21. The van der Waals surface area contributed by atoms with Gasteiger partial charge in [-0.15, -0.1) is 12.4 Å². The molecule has 0 amide bonds. The molecule has 0 saturated heterocycles. The van der Waals surface area contributed by atoms with Gasteiger partial charge in [0.1, 0.15) is 0 Å². The maximum Gasteiger partial charge on any atom is 0.0595 e. The molecule has 0 radical (unpaired) electrons. The minimum atomic E-state index is -0.133. The lowest BCUT2D eigenvalue weighted by Crippen LogP contribution is -2.10. The molecule has 2 rings (SSSR count). The average molecular weight is 295 g/mol. The Hall–Kier alpha value is -0.250. The highest BCUT2D eigenvalue weighted by Crippen LogP contribution is 2.28. The van der Waals surface area contributed by atoms with Gasteiger partial charge in [0.05, 0.1) is 16.1 Å². The van der Waals surface area contributed by atoms with Crippen molar-refractivity contribution in [2.75, 3.05) is 0 Å². The second kappa shape index (κ2) is 5.89. The third-order valence-electron chi connectivity index (χ3n) is 2.21. The van der Waals surface area contributed by atoms with Gasteiger partial charge >= 0.3 is 0 Å². The number of hydrogen-bond acceptors (Lipinski definition) is 2. The first-order valence-corrected chi connectivity index (χ1v) is 6.11. The summed E-state index contributed by atoms with van der Waals surface area (Å²) in [6.45, 7) is 0. The highest BCUT2D eigenvalue weighted by Gasteiger charge is 2.10. The number of rotatable bonds is 2. The highest BCUT2D eigenvalue weighted by atomic mass is 35.5. The fourth-order valence-electron chi connectivity index (χ4n) is 1.35. The van der Waals surface area contributed by atoms with Crippen molar-refractivity contribution < 1.29 is 0 Å². The van der Waals surface area contributed by atoms with E-state index in [4.69, 9.17) is 28.9 Å². The average Bonchev–Trinajstić information content (AvgIpc) is 2.74. The van der Waals surface area contributed by atoms with Crippen molar-refractivity contribution >= 4 is 46.9 Å². The Morgan fingerprint density at radius 2 is 1.81 bits per heavy atom. The fraction of sp³-hybridized carbons (Fsp3) is 0.0909. The first-order valence-electron chi connectivity index (χ1n) is 4.41. The number of hydrogen-bond donors (Lipinski definition) is 1. The van der Waals surface area contributed by atoms with E-state index in [1.807, 2.05) is 29.0 Å². The Kier molecular flexibility index (Phi) is 5.09. The van der Waals surface area contributed by atoms with Gasteiger partial charge in [0, 0.05) is 0 Å². The van der Waals surface area contributed by atoms with Crippen LogP contribution in [-0.2, 0) is 0 Å². The molecule has 0 aliphatic heterocycles. The van der Waals surface area contributed by atoms with Crippen molar-refractivity contribution in [2.45, 2.75) is 6.04 Å². The van der Waals surface area contributed by atoms with Crippen LogP contribution in [0.3, 0.4) is 0 Å². The van der Waals surface area contributed by atoms with Gasteiger partial charge in [-0.1, -0.05) is 29.3 Å². The molecular weight excluding hydrogens is 285 g/mol. The van der Waals surface area contributed by atoms with Crippen molar-refractivity contribution in [2.24, 2.45) is 5.73 Å². The molecule has 2 N–H and O–H groups in total. The van der Waals surface area contributed by atoms with E-state index >= 15 is 0 Å². The van der Waals surface area contributed by atoms with Crippen LogP contribution in [0.15, 0.2) is 35.0 Å². The van der Waals surface area contributed by atoms with Crippen molar-refractivity contribution in [3.8, 4) is 0 Å². The number of thiophene rings is 1. The standard InChI is InChI=1S/C11H9Cl2NS.ClH/c12-9-2-1-7(5-10(9)13)11(14)8-3-4-15-6-8;/h1-6,11H,14H2;1H/t11-;/m1./s1. The van der Waals surface area contributed by atoms with Crippen LogP contribution in [0.2, 0.25) is 10.0 Å². The predicted molar refractivity (Wildman–Crippen MR) is 74.1 cm³/mol. The fourth-order valence-corrected chi connectivity index (χ4v) is 2.35. The van der Waals surface area contributed by atoms with Crippen LogP contribution in [0.4, 0.5) is 0 Å². The second-order valence-corrected chi connectivity index (χ2v) is 4.80. The van der Waals surface area contributed by atoms with Gasteiger partial charge in [0.25, 0.3) is 0 Å². The van der Waals surface area contributed by atoms with Crippen molar-refractivity contribution in [3.05, 3.63) is 56.2 Å². The monoisotopic (exact) mass is 293 g/mol. The van der Waals surface area contributed by atoms with E-state index in [0.29, 0.717) is 10.0 Å². The third-order valence-corrected chi connectivity index (χ3v) is 3.65. The zero-order valence-corrected chi connectivity index (χ0v) is 11.3. The van der Waals surface area contributed by atoms with E-state index in [1.165, 1.54) is 0 Å². The molecule has 0 fully saturated rings. The van der Waals surface area contributed by atoms with Gasteiger partial charge in [-0.3, -0.25) is 0 Å². The van der Waals surface area contributed by atoms with E-state index in [9.17, 15) is 0 Å². The number of benzene rings is 1. The molecule has 0 bridgehead atoms. The summed E-state index contributed by atoms with van der Waals surface area (Å²) < 4.78 is 0. The molecule has 1 aromatic carbocycles. The van der Waals surface area contributed by atoms with E-state index in [-0.39, 0.29) is 18.4 Å². The number of halogens is 3. The quantitative estimate of drug-likeness (QED) is 0.865. The molecule has 1 nitrogen and oxygen atoms in total. The van der Waals surface area contributed by atoms with Crippen LogP contribution in [0, 0.1) is 0 Å². The van der Waals surface area contributed by atoms with Gasteiger partial charge < -0.3 is 5.73 Å². The van der Waals surface area contributed by atoms with Crippen LogP contribution in [0.1, 0.15) is 17.2 Å². The molecule has 86 valence electrons. The summed E-state index contributed by atoms with van der Waals surface area (Å²) in [5.41, 5.74) is 8.16. The Morgan fingerprint density at radius 3 is 2.38 bits per heavy atom. The van der Waals surface area contributed by atoms with E-state index in [0.717, 1.165) is 11.1 Å². The molecule has 0 saturated carbocycles. The third kappa shape index (κ3) is 2.90. The molecule has 0 spiro atoms. The van der Waals surface area contributed by atoms with Gasteiger partial charge in [-0.2, -0.15) is 11.3 Å². The largest absolute Gasteiger partial charge is 0.320 e. The molecule has 0 aliphatic rings. The summed E-state index contributed by atoms with van der Waals surface area (Å²) in [5, 5.41) is 5.14. The predicted octanol–water partition coefficient (Wildman–Crippen LogP) is 4.52. The van der Waals surface area contributed by atoms with Gasteiger partial charge in [-0.25, -0.2) is 0 Å². The maximum absolute atomic E-state index is 6.08. The SMILES string of the molecule is Cl.N[C@@H](c1ccsc1)c1ccc(Cl)c(Cl)c1. The summed E-state index contributed by atoms with van der Waals surface area (Å²) in [4.78, 5) is 0. The maximum atomic E-state index is 6.08. The zero-order valence-electron chi connectivity index (χ0n) is 8.19. The Labute approximate surface area is 115 Å². The Bertz CT molecular complexity index is 456. The van der Waals surface area contributed by atoms with Crippen LogP contribution in [0.25, 0.3) is 0 Å². The van der Waals surface area contributed by atoms with Crippen LogP contribution >= 0.6 is 46.9 Å². The van der Waals surface area contributed by atoms with Crippen molar-refractivity contribution in [1.82, 2.24) is 0 Å². The summed E-state index contributed by atoms with van der Waals surface area (Å²) in [6, 6.07) is 7.36. The van der Waals surface area contributed by atoms with Crippen molar-refractivity contribution in [3.63, 3.8) is 0 Å². The number of nitrogens with two attached hydrogens (primary N) is 1. The van der Waals surface area contributed by atoms with Crippen LogP contribution in [-0.4, -0.2) is 0 Å². The summed E-state index contributed by atoms with van der Waals surface area (Å²) in [6.07, 6.45) is 0. The van der Waals surface area contributed by atoms with Gasteiger partial charge in [-0.05, 0) is 40.1 Å². The first-order chi connectivity index (χ1) is 7.18. The normalized spacial score (nSPS) is 11.9. The van der Waals surface area contributed by atoms with E-state index in [1.54, 1.807) is 17.4 Å². The Balaban J connectivity index is 0.00000128. The molecule has 1 atom stereocenters. The molecule has 1 aromatic heterocycles. The minimum Gasteiger partial charge on any atom is -0.320 e. The van der Waals surface area contributed by atoms with Gasteiger partial charge in [0.2, 0.25) is 0 Å². The van der Waals surface area contributed by atoms with E-state index < -0.39 is 0 Å². The van der Waals surface area contributed by atoms with E-state index in [2.05, 4.69) is 0 Å². The molecule has 0 unspecified atom stereocenters. The van der Waals surface area contributed by atoms with Crippen LogP contribution < -0.4 is 5.73 Å². The summed E-state index contributed by atoms with van der Waals surface area (Å²) in [7, 11) is 0. The zero-order chi connectivity index (χ0) is 10.8. The molecule has 1 heterocycles. The molecule has 5 heteroatoms. The molecule has 2 aromatic rings. The summed E-state index contributed by atoms with van der Waals surface area (Å²) >= 11 is 13.4. The molecule has 16 heavy (non-hydrogen) atoms. The lowest BCUT2D eigenvalue weighted by atomic mass is 10.0.